The summed E-state index contributed by atoms with van der Waals surface area (Å²) in [7, 11) is -1.27. The minimum atomic E-state index is -1.27. The Morgan fingerprint density at radius 1 is 1.33 bits per heavy atom. The van der Waals surface area contributed by atoms with Crippen molar-refractivity contribution in [3.8, 4) is 0 Å². The Morgan fingerprint density at radius 3 is 2.50 bits per heavy atom. The Morgan fingerprint density at radius 2 is 2.00 bits per heavy atom. The molecule has 0 aromatic heterocycles. The molecule has 65 valence electrons. The maximum atomic E-state index is 5.97. The third-order valence-electron chi connectivity index (χ3n) is 1.66. The third kappa shape index (κ3) is 2.66. The molecular formula is C8H8Cl3Si. The topological polar surface area (TPSA) is 0 Å². The fourth-order valence-electron chi connectivity index (χ4n) is 1.02. The average Bonchev–Trinajstić information content (AvgIpc) is 1.97. The van der Waals surface area contributed by atoms with E-state index in [-0.39, 0.29) is 0 Å². The Labute approximate surface area is 88.5 Å². The van der Waals surface area contributed by atoms with Crippen LogP contribution in [-0.2, 0) is 6.04 Å². The zero-order valence-corrected chi connectivity index (χ0v) is 9.84. The van der Waals surface area contributed by atoms with E-state index in [1.54, 1.807) is 0 Å². The van der Waals surface area contributed by atoms with E-state index in [2.05, 4.69) is 0 Å². The lowest BCUT2D eigenvalue weighted by Gasteiger charge is -2.06. The number of aryl methyl sites for hydroxylation is 1. The Balaban J connectivity index is 2.96. The summed E-state index contributed by atoms with van der Waals surface area (Å²) in [5.74, 6) is 0. The van der Waals surface area contributed by atoms with E-state index in [0.717, 1.165) is 16.1 Å². The van der Waals surface area contributed by atoms with Gasteiger partial charge in [0.2, 0.25) is 0 Å². The van der Waals surface area contributed by atoms with Gasteiger partial charge in [0.25, 0.3) is 7.42 Å². The summed E-state index contributed by atoms with van der Waals surface area (Å²) in [6.07, 6.45) is 0. The molecule has 0 aliphatic heterocycles. The maximum absolute atomic E-state index is 5.97. The summed E-state index contributed by atoms with van der Waals surface area (Å²) in [4.78, 5) is 0. The van der Waals surface area contributed by atoms with E-state index in [1.165, 1.54) is 0 Å². The number of hydrogen-bond acceptors (Lipinski definition) is 0. The van der Waals surface area contributed by atoms with Crippen molar-refractivity contribution < 1.29 is 0 Å². The number of halogens is 3. The highest BCUT2D eigenvalue weighted by Gasteiger charge is 2.10. The predicted octanol–water partition coefficient (Wildman–Crippen LogP) is 3.70. The highest BCUT2D eigenvalue weighted by atomic mass is 35.7. The molecule has 0 amide bonds. The van der Waals surface area contributed by atoms with Gasteiger partial charge in [-0.15, -0.1) is 22.2 Å². The molecule has 1 aromatic carbocycles. The first kappa shape index (κ1) is 10.4. The van der Waals surface area contributed by atoms with E-state index in [0.29, 0.717) is 6.04 Å². The summed E-state index contributed by atoms with van der Waals surface area (Å²) in [5, 5.41) is 0.763. The summed E-state index contributed by atoms with van der Waals surface area (Å²) in [5.41, 5.74) is 2.24. The maximum Gasteiger partial charge on any atom is 0.278 e. The molecule has 0 N–H and O–H groups in total. The molecular weight excluding hydrogens is 231 g/mol. The van der Waals surface area contributed by atoms with Crippen LogP contribution in [0, 0.1) is 6.92 Å². The molecule has 0 saturated heterocycles. The van der Waals surface area contributed by atoms with E-state index in [9.17, 15) is 0 Å². The van der Waals surface area contributed by atoms with Crippen LogP contribution in [-0.4, -0.2) is 7.42 Å². The molecule has 0 aliphatic rings. The summed E-state index contributed by atoms with van der Waals surface area (Å²) < 4.78 is 0. The molecule has 12 heavy (non-hydrogen) atoms. The van der Waals surface area contributed by atoms with E-state index in [4.69, 9.17) is 33.8 Å². The highest BCUT2D eigenvalue weighted by Crippen LogP contribution is 2.22. The van der Waals surface area contributed by atoms with Crippen LogP contribution < -0.4 is 0 Å². The fraction of sp³-hybridized carbons (Fsp3) is 0.250. The van der Waals surface area contributed by atoms with E-state index >= 15 is 0 Å². The molecule has 1 aromatic rings. The molecule has 1 radical (unpaired) electrons. The van der Waals surface area contributed by atoms with Crippen LogP contribution in [0.1, 0.15) is 11.1 Å². The Bertz CT molecular complexity index is 253. The third-order valence-corrected chi connectivity index (χ3v) is 3.44. The molecule has 0 aliphatic carbocycles. The predicted molar refractivity (Wildman–Crippen MR) is 57.4 cm³/mol. The van der Waals surface area contributed by atoms with Crippen LogP contribution in [0.15, 0.2) is 18.2 Å². The van der Waals surface area contributed by atoms with Crippen LogP contribution in [0.25, 0.3) is 0 Å². The standard InChI is InChI=1S/C8H8Cl3Si/c1-6-3-2-4-8(9)7(6)5-12(10)11/h2-4H,5H2,1H3. The van der Waals surface area contributed by atoms with Crippen LogP contribution in [0.5, 0.6) is 0 Å². The van der Waals surface area contributed by atoms with Gasteiger partial charge < -0.3 is 0 Å². The van der Waals surface area contributed by atoms with Gasteiger partial charge >= 0.3 is 0 Å². The number of benzene rings is 1. The van der Waals surface area contributed by atoms with Gasteiger partial charge in [-0.1, -0.05) is 23.7 Å². The largest absolute Gasteiger partial charge is 0.278 e. The van der Waals surface area contributed by atoms with Crippen LogP contribution in [0.3, 0.4) is 0 Å². The van der Waals surface area contributed by atoms with Gasteiger partial charge in [0, 0.05) is 5.02 Å². The van der Waals surface area contributed by atoms with Crippen molar-refractivity contribution >= 4 is 41.2 Å². The Kier molecular flexibility index (Phi) is 3.91. The van der Waals surface area contributed by atoms with Crippen molar-refractivity contribution in [1.82, 2.24) is 0 Å². The SMILES string of the molecule is Cc1cccc(Cl)c1C[Si](Cl)Cl. The summed E-state index contributed by atoms with van der Waals surface area (Å²) in [6.45, 7) is 2.01. The van der Waals surface area contributed by atoms with Crippen LogP contribution in [0.4, 0.5) is 0 Å². The van der Waals surface area contributed by atoms with Gasteiger partial charge in [-0.2, -0.15) is 0 Å². The quantitative estimate of drug-likeness (QED) is 0.544. The van der Waals surface area contributed by atoms with Crippen LogP contribution >= 0.6 is 33.8 Å². The second-order valence-corrected chi connectivity index (χ2v) is 7.31. The number of rotatable bonds is 2. The van der Waals surface area contributed by atoms with Crippen molar-refractivity contribution in [2.24, 2.45) is 0 Å². The first-order valence-electron chi connectivity index (χ1n) is 3.52. The molecule has 0 fully saturated rings. The summed E-state index contributed by atoms with van der Waals surface area (Å²) >= 11 is 17.5. The average molecular weight is 239 g/mol. The van der Waals surface area contributed by atoms with Crippen molar-refractivity contribution in [3.63, 3.8) is 0 Å². The molecule has 0 unspecified atom stereocenters. The second kappa shape index (κ2) is 4.52. The fourth-order valence-corrected chi connectivity index (χ4v) is 2.96. The molecule has 0 nitrogen and oxygen atoms in total. The van der Waals surface area contributed by atoms with Gasteiger partial charge in [-0.05, 0) is 30.2 Å². The van der Waals surface area contributed by atoms with Gasteiger partial charge in [0.15, 0.2) is 0 Å². The molecule has 0 heterocycles. The van der Waals surface area contributed by atoms with E-state index < -0.39 is 7.42 Å². The van der Waals surface area contributed by atoms with Crippen molar-refractivity contribution in [2.45, 2.75) is 13.0 Å². The van der Waals surface area contributed by atoms with Gasteiger partial charge in [0.1, 0.15) is 0 Å². The zero-order chi connectivity index (χ0) is 9.14. The minimum Gasteiger partial charge on any atom is -0.146 e. The second-order valence-electron chi connectivity index (χ2n) is 2.55. The van der Waals surface area contributed by atoms with Crippen molar-refractivity contribution in [1.29, 1.82) is 0 Å². The smallest absolute Gasteiger partial charge is 0.146 e. The van der Waals surface area contributed by atoms with Crippen LogP contribution in [0.2, 0.25) is 5.02 Å². The van der Waals surface area contributed by atoms with E-state index in [1.807, 2.05) is 25.1 Å². The molecule has 0 atom stereocenters. The van der Waals surface area contributed by atoms with Crippen molar-refractivity contribution in [2.75, 3.05) is 0 Å². The molecule has 1 rings (SSSR count). The molecule has 4 heteroatoms. The van der Waals surface area contributed by atoms with Crippen molar-refractivity contribution in [3.05, 3.63) is 34.3 Å². The summed E-state index contributed by atoms with van der Waals surface area (Å²) in [6, 6.07) is 6.51. The first-order chi connectivity index (χ1) is 5.61. The lowest BCUT2D eigenvalue weighted by atomic mass is 10.1. The molecule has 0 spiro atoms. The van der Waals surface area contributed by atoms with Gasteiger partial charge in [-0.3, -0.25) is 0 Å². The molecule has 0 saturated carbocycles. The Hall–Kier alpha value is 0.307. The minimum absolute atomic E-state index is 0.708. The normalized spacial score (nSPS) is 10.8. The highest BCUT2D eigenvalue weighted by molar-refractivity contribution is 7.33. The lowest BCUT2D eigenvalue weighted by Crippen LogP contribution is -2.02. The first-order valence-corrected chi connectivity index (χ1v) is 7.63. The zero-order valence-electron chi connectivity index (χ0n) is 6.57. The lowest BCUT2D eigenvalue weighted by molar-refractivity contribution is 1.29. The number of hydrogen-bond donors (Lipinski definition) is 0. The monoisotopic (exact) mass is 237 g/mol. The van der Waals surface area contributed by atoms with Gasteiger partial charge in [-0.25, -0.2) is 0 Å². The van der Waals surface area contributed by atoms with Gasteiger partial charge in [0.05, 0.1) is 0 Å². The molecule has 0 bridgehead atoms.